The number of hydrogen-bond donors (Lipinski definition) is 1. The lowest BCUT2D eigenvalue weighted by molar-refractivity contribution is 0.0701. The van der Waals surface area contributed by atoms with Crippen LogP contribution in [0.15, 0.2) is 47.6 Å². The first-order chi connectivity index (χ1) is 10.2. The van der Waals surface area contributed by atoms with Gasteiger partial charge in [-0.05, 0) is 29.8 Å². The number of thiophene rings is 1. The van der Waals surface area contributed by atoms with Gasteiger partial charge in [0.15, 0.2) is 0 Å². The van der Waals surface area contributed by atoms with Crippen molar-refractivity contribution in [2.24, 2.45) is 0 Å². The predicted molar refractivity (Wildman–Crippen MR) is 82.5 cm³/mol. The van der Waals surface area contributed by atoms with Crippen molar-refractivity contribution in [3.63, 3.8) is 0 Å². The lowest BCUT2D eigenvalue weighted by Crippen LogP contribution is -1.97. The van der Waals surface area contributed by atoms with Gasteiger partial charge < -0.3 is 5.11 Å². The fraction of sp³-hybridized carbons (Fsp3) is 0.0667. The van der Waals surface area contributed by atoms with Crippen molar-refractivity contribution in [2.45, 2.75) is 10.6 Å². The molecule has 0 fully saturated rings. The number of hydrogen-bond acceptors (Lipinski definition) is 4. The Morgan fingerprint density at radius 2 is 2.05 bits per heavy atom. The average molecular weight is 319 g/mol. The van der Waals surface area contributed by atoms with E-state index >= 15 is 0 Å². The highest BCUT2D eigenvalue weighted by atomic mass is 32.2. The minimum atomic E-state index is -1.01. The lowest BCUT2D eigenvalue weighted by atomic mass is 10.1. The molecule has 0 bridgehead atoms. The van der Waals surface area contributed by atoms with Gasteiger partial charge in [0.05, 0.1) is 0 Å². The molecule has 0 amide bonds. The van der Waals surface area contributed by atoms with Gasteiger partial charge in [-0.15, -0.1) is 23.1 Å². The van der Waals surface area contributed by atoms with Crippen LogP contribution in [-0.2, 0) is 5.75 Å². The molecule has 21 heavy (non-hydrogen) atoms. The molecule has 6 heteroatoms. The van der Waals surface area contributed by atoms with Crippen molar-refractivity contribution in [2.75, 3.05) is 0 Å². The number of thioether (sulfide) groups is 1. The number of carbonyl (C=O) groups is 1. The molecule has 0 saturated heterocycles. The second kappa shape index (κ2) is 5.83. The van der Waals surface area contributed by atoms with E-state index in [9.17, 15) is 14.3 Å². The third-order valence-electron chi connectivity index (χ3n) is 2.99. The van der Waals surface area contributed by atoms with Crippen LogP contribution in [0.5, 0.6) is 0 Å². The van der Waals surface area contributed by atoms with Crippen molar-refractivity contribution in [3.05, 3.63) is 59.0 Å². The van der Waals surface area contributed by atoms with Gasteiger partial charge in [0.1, 0.15) is 10.7 Å². The molecule has 3 nitrogen and oxygen atoms in total. The minimum absolute atomic E-state index is 0.205. The van der Waals surface area contributed by atoms with Crippen LogP contribution in [0.4, 0.5) is 4.39 Å². The van der Waals surface area contributed by atoms with Crippen LogP contribution >= 0.6 is 23.1 Å². The summed E-state index contributed by atoms with van der Waals surface area (Å²) in [5.41, 5.74) is 0.544. The molecule has 2 aromatic heterocycles. The molecule has 1 N–H and O–H groups in total. The third-order valence-corrected chi connectivity index (χ3v) is 5.21. The molecule has 0 unspecified atom stereocenters. The molecule has 2 heterocycles. The summed E-state index contributed by atoms with van der Waals surface area (Å²) >= 11 is 2.59. The van der Waals surface area contributed by atoms with E-state index in [1.807, 2.05) is 12.1 Å². The Balaban J connectivity index is 2.03. The maximum absolute atomic E-state index is 14.0. The maximum atomic E-state index is 14.0. The van der Waals surface area contributed by atoms with E-state index in [2.05, 4.69) is 4.98 Å². The highest BCUT2D eigenvalue weighted by Crippen LogP contribution is 2.36. The van der Waals surface area contributed by atoms with Crippen LogP contribution in [0.3, 0.4) is 0 Å². The van der Waals surface area contributed by atoms with E-state index in [1.54, 1.807) is 24.5 Å². The highest BCUT2D eigenvalue weighted by molar-refractivity contribution is 7.98. The van der Waals surface area contributed by atoms with Crippen molar-refractivity contribution < 1.29 is 14.3 Å². The monoisotopic (exact) mass is 319 g/mol. The van der Waals surface area contributed by atoms with Crippen molar-refractivity contribution in [1.29, 1.82) is 0 Å². The molecular formula is C15H10FNO2S2. The van der Waals surface area contributed by atoms with E-state index < -0.39 is 5.97 Å². The third kappa shape index (κ3) is 2.77. The number of aromatic nitrogens is 1. The zero-order valence-electron chi connectivity index (χ0n) is 10.7. The van der Waals surface area contributed by atoms with Crippen molar-refractivity contribution in [3.8, 4) is 0 Å². The summed E-state index contributed by atoms with van der Waals surface area (Å²) in [5.74, 6) is -0.977. The SMILES string of the molecule is O=C(O)c1sc2cccc(F)c2c1CSc1ccncc1. The number of carboxylic acids is 1. The Bertz CT molecular complexity index is 802. The number of carboxylic acid groups (broad SMARTS) is 1. The fourth-order valence-corrected chi connectivity index (χ4v) is 4.15. The maximum Gasteiger partial charge on any atom is 0.346 e. The number of halogens is 1. The molecule has 0 atom stereocenters. The summed E-state index contributed by atoms with van der Waals surface area (Å²) in [6, 6.07) is 8.39. The van der Waals surface area contributed by atoms with Gasteiger partial charge in [-0.2, -0.15) is 0 Å². The molecule has 3 rings (SSSR count). The van der Waals surface area contributed by atoms with Gasteiger partial charge in [-0.1, -0.05) is 6.07 Å². The minimum Gasteiger partial charge on any atom is -0.477 e. The standard InChI is InChI=1S/C15H10FNO2S2/c16-11-2-1-3-12-13(11)10(14(21-12)15(18)19)8-20-9-4-6-17-7-5-9/h1-7H,8H2,(H,18,19). The second-order valence-corrected chi connectivity index (χ2v) is 6.40. The number of fused-ring (bicyclic) bond motifs is 1. The van der Waals surface area contributed by atoms with Crippen LogP contribution < -0.4 is 0 Å². The summed E-state index contributed by atoms with van der Waals surface area (Å²) < 4.78 is 14.7. The number of benzene rings is 1. The lowest BCUT2D eigenvalue weighted by Gasteiger charge is -2.03. The summed E-state index contributed by atoms with van der Waals surface area (Å²) in [4.78, 5) is 16.5. The van der Waals surface area contributed by atoms with Crippen LogP contribution in [0, 0.1) is 5.82 Å². The molecule has 0 saturated carbocycles. The van der Waals surface area contributed by atoms with E-state index in [0.717, 1.165) is 16.2 Å². The molecule has 0 spiro atoms. The zero-order valence-corrected chi connectivity index (χ0v) is 12.4. The quantitative estimate of drug-likeness (QED) is 0.723. The van der Waals surface area contributed by atoms with E-state index in [0.29, 0.717) is 21.4 Å². The molecule has 1 aromatic carbocycles. The van der Waals surface area contributed by atoms with E-state index in [4.69, 9.17) is 0 Å². The summed E-state index contributed by atoms with van der Waals surface area (Å²) in [7, 11) is 0. The highest BCUT2D eigenvalue weighted by Gasteiger charge is 2.20. The first kappa shape index (κ1) is 14.0. The number of aromatic carboxylic acids is 1. The van der Waals surface area contributed by atoms with Crippen molar-refractivity contribution >= 4 is 39.2 Å². The Kier molecular flexibility index (Phi) is 3.90. The van der Waals surface area contributed by atoms with Crippen molar-refractivity contribution in [1.82, 2.24) is 4.98 Å². The molecule has 0 aliphatic carbocycles. The average Bonchev–Trinajstić information content (AvgIpc) is 2.86. The molecule has 0 aliphatic heterocycles. The number of pyridine rings is 1. The van der Waals surface area contributed by atoms with Crippen LogP contribution in [0.2, 0.25) is 0 Å². The molecule has 106 valence electrons. The first-order valence-electron chi connectivity index (χ1n) is 6.13. The predicted octanol–water partition coefficient (Wildman–Crippen LogP) is 4.43. The van der Waals surface area contributed by atoms with Gasteiger partial charge >= 0.3 is 5.97 Å². The number of rotatable bonds is 4. The first-order valence-corrected chi connectivity index (χ1v) is 7.93. The van der Waals surface area contributed by atoms with Gasteiger partial charge in [-0.25, -0.2) is 9.18 Å². The van der Waals surface area contributed by atoms with Crippen LogP contribution in [0.1, 0.15) is 15.2 Å². The summed E-state index contributed by atoms with van der Waals surface area (Å²) in [6.07, 6.45) is 3.35. The Labute approximate surface area is 128 Å². The second-order valence-electron chi connectivity index (χ2n) is 4.30. The number of nitrogens with zero attached hydrogens (tertiary/aromatic N) is 1. The Morgan fingerprint density at radius 3 is 2.76 bits per heavy atom. The smallest absolute Gasteiger partial charge is 0.346 e. The Morgan fingerprint density at radius 1 is 1.29 bits per heavy atom. The van der Waals surface area contributed by atoms with Gasteiger partial charge in [0.25, 0.3) is 0 Å². The van der Waals surface area contributed by atoms with Crippen LogP contribution in [-0.4, -0.2) is 16.1 Å². The molecule has 0 aliphatic rings. The zero-order chi connectivity index (χ0) is 14.8. The van der Waals surface area contributed by atoms with Gasteiger partial charge in [0, 0.05) is 33.1 Å². The summed E-state index contributed by atoms with van der Waals surface area (Å²) in [5, 5.41) is 9.74. The topological polar surface area (TPSA) is 50.2 Å². The molecule has 3 aromatic rings. The Hall–Kier alpha value is -1.92. The molecular weight excluding hydrogens is 309 g/mol. The largest absolute Gasteiger partial charge is 0.477 e. The normalized spacial score (nSPS) is 10.9. The van der Waals surface area contributed by atoms with E-state index in [-0.39, 0.29) is 10.7 Å². The van der Waals surface area contributed by atoms with Gasteiger partial charge in [0.2, 0.25) is 0 Å². The molecule has 0 radical (unpaired) electrons. The van der Waals surface area contributed by atoms with Gasteiger partial charge in [-0.3, -0.25) is 4.98 Å². The summed E-state index contributed by atoms with van der Waals surface area (Å²) in [6.45, 7) is 0. The van der Waals surface area contributed by atoms with Crippen LogP contribution in [0.25, 0.3) is 10.1 Å². The van der Waals surface area contributed by atoms with E-state index in [1.165, 1.54) is 17.8 Å². The fourth-order valence-electron chi connectivity index (χ4n) is 2.07.